The molecule has 4 rings (SSSR count). The van der Waals surface area contributed by atoms with Crippen molar-refractivity contribution in [2.24, 2.45) is 4.99 Å². The summed E-state index contributed by atoms with van der Waals surface area (Å²) in [4.78, 5) is 18.4. The SMILES string of the molecule is CCCC(=O)Nc1ccc(S(=O)(=O)Nc2ccc(C3=CSC4=NCCN34)cc2)cc1. The molecule has 2 aromatic rings. The average molecular weight is 443 g/mol. The molecule has 0 atom stereocenters. The normalized spacial score (nSPS) is 15.4. The van der Waals surface area contributed by atoms with Gasteiger partial charge in [-0.1, -0.05) is 30.8 Å². The Kier molecular flexibility index (Phi) is 5.83. The lowest BCUT2D eigenvalue weighted by atomic mass is 10.1. The third-order valence-electron chi connectivity index (χ3n) is 4.73. The van der Waals surface area contributed by atoms with Crippen LogP contribution in [-0.4, -0.2) is 37.5 Å². The van der Waals surface area contributed by atoms with Crippen molar-refractivity contribution < 1.29 is 13.2 Å². The zero-order valence-corrected chi connectivity index (χ0v) is 18.1. The van der Waals surface area contributed by atoms with E-state index in [-0.39, 0.29) is 10.8 Å². The number of anilines is 2. The Morgan fingerprint density at radius 1 is 1.10 bits per heavy atom. The quantitative estimate of drug-likeness (QED) is 0.678. The van der Waals surface area contributed by atoms with Gasteiger partial charge in [0.2, 0.25) is 5.91 Å². The predicted octanol–water partition coefficient (Wildman–Crippen LogP) is 3.94. The highest BCUT2D eigenvalue weighted by atomic mass is 32.2. The second-order valence-electron chi connectivity index (χ2n) is 6.94. The van der Waals surface area contributed by atoms with Gasteiger partial charge in [0.15, 0.2) is 5.17 Å². The Morgan fingerprint density at radius 3 is 2.50 bits per heavy atom. The number of carbonyl (C=O) groups excluding carboxylic acids is 1. The molecule has 2 aliphatic rings. The molecule has 0 saturated carbocycles. The molecule has 2 N–H and O–H groups in total. The van der Waals surface area contributed by atoms with Crippen LogP contribution in [0.15, 0.2) is 63.8 Å². The summed E-state index contributed by atoms with van der Waals surface area (Å²) in [6, 6.07) is 13.4. The molecule has 0 unspecified atom stereocenters. The van der Waals surface area contributed by atoms with Crippen LogP contribution in [0.5, 0.6) is 0 Å². The van der Waals surface area contributed by atoms with Gasteiger partial charge in [-0.2, -0.15) is 0 Å². The lowest BCUT2D eigenvalue weighted by molar-refractivity contribution is -0.116. The van der Waals surface area contributed by atoms with Crippen LogP contribution >= 0.6 is 11.8 Å². The van der Waals surface area contributed by atoms with Crippen LogP contribution in [0.3, 0.4) is 0 Å². The number of nitrogens with zero attached hydrogens (tertiary/aromatic N) is 2. The van der Waals surface area contributed by atoms with E-state index in [0.29, 0.717) is 17.8 Å². The summed E-state index contributed by atoms with van der Waals surface area (Å²) in [5.74, 6) is -0.0885. The first-order chi connectivity index (χ1) is 14.5. The first-order valence-corrected chi connectivity index (χ1v) is 12.0. The number of amidine groups is 1. The van der Waals surface area contributed by atoms with Gasteiger partial charge in [0, 0.05) is 29.7 Å². The number of rotatable bonds is 7. The lowest BCUT2D eigenvalue weighted by Crippen LogP contribution is -2.19. The molecule has 0 aliphatic carbocycles. The number of fused-ring (bicyclic) bond motifs is 1. The Balaban J connectivity index is 1.43. The van der Waals surface area contributed by atoms with Crippen LogP contribution in [-0.2, 0) is 14.8 Å². The van der Waals surface area contributed by atoms with Crippen molar-refractivity contribution in [3.63, 3.8) is 0 Å². The molecule has 0 spiro atoms. The molecule has 156 valence electrons. The maximum Gasteiger partial charge on any atom is 0.261 e. The fourth-order valence-corrected chi connectivity index (χ4v) is 5.26. The van der Waals surface area contributed by atoms with Gasteiger partial charge in [0.25, 0.3) is 10.0 Å². The topological polar surface area (TPSA) is 90.9 Å². The van der Waals surface area contributed by atoms with Crippen molar-refractivity contribution in [2.45, 2.75) is 24.7 Å². The highest BCUT2D eigenvalue weighted by Crippen LogP contribution is 2.35. The maximum absolute atomic E-state index is 12.7. The van der Waals surface area contributed by atoms with E-state index < -0.39 is 10.0 Å². The van der Waals surface area contributed by atoms with Gasteiger partial charge in [-0.25, -0.2) is 8.42 Å². The Bertz CT molecular complexity index is 1110. The molecule has 0 aromatic heterocycles. The van der Waals surface area contributed by atoms with E-state index in [9.17, 15) is 13.2 Å². The molecular formula is C21H22N4O3S2. The monoisotopic (exact) mass is 442 g/mol. The molecule has 0 bridgehead atoms. The fourth-order valence-electron chi connectivity index (χ4n) is 3.24. The maximum atomic E-state index is 12.7. The van der Waals surface area contributed by atoms with E-state index >= 15 is 0 Å². The molecule has 0 fully saturated rings. The standard InChI is InChI=1S/C21H22N4O3S2/c1-2-3-20(26)23-16-8-10-18(11-9-16)30(27,28)24-17-6-4-15(5-7-17)19-14-29-21-22-12-13-25(19)21/h4-11,14,24H,2-3,12-13H2,1H3,(H,23,26). The van der Waals surface area contributed by atoms with Gasteiger partial charge in [0.1, 0.15) is 0 Å². The smallest absolute Gasteiger partial charge is 0.261 e. The average Bonchev–Trinajstić information content (AvgIpc) is 3.33. The van der Waals surface area contributed by atoms with Crippen LogP contribution in [0.2, 0.25) is 0 Å². The minimum absolute atomic E-state index is 0.0885. The first-order valence-electron chi connectivity index (χ1n) is 9.68. The van der Waals surface area contributed by atoms with Gasteiger partial charge in [-0.15, -0.1) is 0 Å². The van der Waals surface area contributed by atoms with Crippen LogP contribution in [0.4, 0.5) is 11.4 Å². The minimum atomic E-state index is -3.73. The van der Waals surface area contributed by atoms with Gasteiger partial charge >= 0.3 is 0 Å². The van der Waals surface area contributed by atoms with Crippen molar-refractivity contribution in [3.8, 4) is 0 Å². The van der Waals surface area contributed by atoms with Gasteiger partial charge < -0.3 is 10.2 Å². The molecule has 2 heterocycles. The minimum Gasteiger partial charge on any atom is -0.326 e. The largest absolute Gasteiger partial charge is 0.326 e. The molecular weight excluding hydrogens is 420 g/mol. The van der Waals surface area contributed by atoms with Gasteiger partial charge in [0.05, 0.1) is 17.1 Å². The van der Waals surface area contributed by atoms with E-state index in [2.05, 4.69) is 25.3 Å². The highest BCUT2D eigenvalue weighted by molar-refractivity contribution is 8.16. The van der Waals surface area contributed by atoms with Crippen LogP contribution in [0, 0.1) is 0 Å². The molecule has 9 heteroatoms. The Labute approximate surface area is 180 Å². The van der Waals surface area contributed by atoms with E-state index in [1.54, 1.807) is 36.0 Å². The van der Waals surface area contributed by atoms with Crippen LogP contribution < -0.4 is 10.0 Å². The molecule has 0 radical (unpaired) electrons. The van der Waals surface area contributed by atoms with Crippen molar-refractivity contribution in [2.75, 3.05) is 23.1 Å². The number of amides is 1. The third kappa shape index (κ3) is 4.36. The van der Waals surface area contributed by atoms with E-state index in [1.165, 1.54) is 12.1 Å². The molecule has 7 nitrogen and oxygen atoms in total. The van der Waals surface area contributed by atoms with Crippen LogP contribution in [0.25, 0.3) is 5.70 Å². The van der Waals surface area contributed by atoms with E-state index in [1.807, 2.05) is 19.1 Å². The highest BCUT2D eigenvalue weighted by Gasteiger charge is 2.27. The number of aliphatic imine (C=N–C) groups is 1. The van der Waals surface area contributed by atoms with Crippen molar-refractivity contribution in [1.29, 1.82) is 0 Å². The number of nitrogens with one attached hydrogen (secondary N) is 2. The number of hydrogen-bond acceptors (Lipinski definition) is 6. The lowest BCUT2D eigenvalue weighted by Gasteiger charge is -2.17. The van der Waals surface area contributed by atoms with Gasteiger partial charge in [-0.3, -0.25) is 14.5 Å². The molecule has 2 aromatic carbocycles. The van der Waals surface area contributed by atoms with Crippen molar-refractivity contribution in [3.05, 3.63) is 59.5 Å². The number of sulfonamides is 1. The Hall–Kier alpha value is -2.78. The van der Waals surface area contributed by atoms with Crippen molar-refractivity contribution in [1.82, 2.24) is 4.90 Å². The molecule has 0 saturated heterocycles. The zero-order valence-electron chi connectivity index (χ0n) is 16.5. The molecule has 30 heavy (non-hydrogen) atoms. The first kappa shape index (κ1) is 20.5. The third-order valence-corrected chi connectivity index (χ3v) is 7.03. The zero-order chi connectivity index (χ0) is 21.1. The summed E-state index contributed by atoms with van der Waals surface area (Å²) in [6.07, 6.45) is 1.18. The summed E-state index contributed by atoms with van der Waals surface area (Å²) in [5, 5.41) is 5.83. The Morgan fingerprint density at radius 2 is 1.80 bits per heavy atom. The second-order valence-corrected chi connectivity index (χ2v) is 9.46. The number of thioether (sulfide) groups is 1. The van der Waals surface area contributed by atoms with Crippen LogP contribution in [0.1, 0.15) is 25.3 Å². The van der Waals surface area contributed by atoms with E-state index in [4.69, 9.17) is 0 Å². The summed E-state index contributed by atoms with van der Waals surface area (Å²) in [6.45, 7) is 3.60. The predicted molar refractivity (Wildman–Crippen MR) is 122 cm³/mol. The van der Waals surface area contributed by atoms with Gasteiger partial charge in [-0.05, 0) is 48.4 Å². The molecule has 1 amide bonds. The number of carbonyl (C=O) groups is 1. The van der Waals surface area contributed by atoms with E-state index in [0.717, 1.165) is 35.9 Å². The van der Waals surface area contributed by atoms with Crippen molar-refractivity contribution >= 4 is 49.9 Å². The number of benzene rings is 2. The summed E-state index contributed by atoms with van der Waals surface area (Å²) in [7, 11) is -3.73. The summed E-state index contributed by atoms with van der Waals surface area (Å²) >= 11 is 1.61. The molecule has 2 aliphatic heterocycles. The summed E-state index contributed by atoms with van der Waals surface area (Å²) < 4.78 is 28.0. The number of hydrogen-bond donors (Lipinski definition) is 2. The summed E-state index contributed by atoms with van der Waals surface area (Å²) in [5.41, 5.74) is 3.17. The second kappa shape index (κ2) is 8.53. The fraction of sp³-hybridized carbons (Fsp3) is 0.238.